The molecule has 0 aliphatic carbocycles. The average molecular weight is 309 g/mol. The first-order valence-corrected chi connectivity index (χ1v) is 8.50. The molecule has 0 amide bonds. The van der Waals surface area contributed by atoms with Crippen molar-refractivity contribution in [1.82, 2.24) is 4.72 Å². The third kappa shape index (κ3) is 4.57. The molecule has 0 aliphatic heterocycles. The second kappa shape index (κ2) is 7.08. The van der Waals surface area contributed by atoms with E-state index in [0.717, 1.165) is 0 Å². The standard InChI is InChI=1S/C16H23NO3S/c1-5-16(4,6-2)17-21(19,20)15-12-14(8-7-11-18)10-9-13(15)3/h9-10,12,17-18H,5-6,11H2,1-4H3. The van der Waals surface area contributed by atoms with Gasteiger partial charge in [-0.3, -0.25) is 0 Å². The molecule has 1 aromatic carbocycles. The number of nitrogens with one attached hydrogen (secondary N) is 1. The van der Waals surface area contributed by atoms with Crippen LogP contribution in [0.4, 0.5) is 0 Å². The van der Waals surface area contributed by atoms with Crippen LogP contribution in [0.15, 0.2) is 23.1 Å². The minimum absolute atomic E-state index is 0.236. The van der Waals surface area contributed by atoms with Crippen molar-refractivity contribution in [2.24, 2.45) is 0 Å². The Morgan fingerprint density at radius 1 is 1.29 bits per heavy atom. The topological polar surface area (TPSA) is 66.4 Å². The van der Waals surface area contributed by atoms with Crippen LogP contribution in [-0.4, -0.2) is 25.7 Å². The number of aliphatic hydroxyl groups is 1. The number of benzene rings is 1. The Hall–Kier alpha value is -1.35. The number of aryl methyl sites for hydroxylation is 1. The van der Waals surface area contributed by atoms with E-state index in [1.807, 2.05) is 20.8 Å². The summed E-state index contributed by atoms with van der Waals surface area (Å²) in [5, 5.41) is 8.72. The predicted molar refractivity (Wildman–Crippen MR) is 84.5 cm³/mol. The van der Waals surface area contributed by atoms with E-state index in [1.54, 1.807) is 25.1 Å². The van der Waals surface area contributed by atoms with Crippen molar-refractivity contribution in [3.05, 3.63) is 29.3 Å². The van der Waals surface area contributed by atoms with Gasteiger partial charge in [0.2, 0.25) is 10.0 Å². The Balaban J connectivity index is 3.25. The third-order valence-electron chi connectivity index (χ3n) is 3.73. The van der Waals surface area contributed by atoms with Gasteiger partial charge < -0.3 is 5.11 Å². The summed E-state index contributed by atoms with van der Waals surface area (Å²) in [7, 11) is -3.60. The molecule has 0 saturated heterocycles. The molecule has 0 saturated carbocycles. The van der Waals surface area contributed by atoms with Crippen molar-refractivity contribution in [3.8, 4) is 11.8 Å². The molecule has 0 fully saturated rings. The highest BCUT2D eigenvalue weighted by molar-refractivity contribution is 7.89. The van der Waals surface area contributed by atoms with E-state index in [0.29, 0.717) is 24.0 Å². The summed E-state index contributed by atoms with van der Waals surface area (Å²) < 4.78 is 28.0. The Bertz CT molecular complexity index is 650. The molecule has 21 heavy (non-hydrogen) atoms. The van der Waals surface area contributed by atoms with Gasteiger partial charge in [0.15, 0.2) is 0 Å². The third-order valence-corrected chi connectivity index (χ3v) is 5.51. The van der Waals surface area contributed by atoms with Crippen LogP contribution >= 0.6 is 0 Å². The molecule has 4 nitrogen and oxygen atoms in total. The monoisotopic (exact) mass is 309 g/mol. The predicted octanol–water partition coefficient (Wildman–Crippen LogP) is 2.20. The van der Waals surface area contributed by atoms with Gasteiger partial charge in [-0.05, 0) is 44.4 Å². The fourth-order valence-corrected chi connectivity index (χ4v) is 3.70. The molecule has 0 spiro atoms. The zero-order valence-electron chi connectivity index (χ0n) is 13.0. The van der Waals surface area contributed by atoms with Crippen LogP contribution in [0.3, 0.4) is 0 Å². The van der Waals surface area contributed by atoms with Gasteiger partial charge in [0, 0.05) is 11.1 Å². The van der Waals surface area contributed by atoms with E-state index in [4.69, 9.17) is 5.11 Å². The Labute approximate surface area is 127 Å². The zero-order chi connectivity index (χ0) is 16.1. The van der Waals surface area contributed by atoms with Crippen LogP contribution in [0.5, 0.6) is 0 Å². The quantitative estimate of drug-likeness (QED) is 0.819. The van der Waals surface area contributed by atoms with Crippen molar-refractivity contribution in [3.63, 3.8) is 0 Å². The average Bonchev–Trinajstić information content (AvgIpc) is 2.45. The van der Waals surface area contributed by atoms with E-state index < -0.39 is 15.6 Å². The first-order valence-electron chi connectivity index (χ1n) is 7.02. The molecule has 0 atom stereocenters. The maximum atomic E-state index is 12.6. The summed E-state index contributed by atoms with van der Waals surface area (Å²) in [5.74, 6) is 5.26. The maximum Gasteiger partial charge on any atom is 0.241 e. The molecule has 1 rings (SSSR count). The molecule has 0 aromatic heterocycles. The number of hydrogen-bond donors (Lipinski definition) is 2. The highest BCUT2D eigenvalue weighted by atomic mass is 32.2. The fraction of sp³-hybridized carbons (Fsp3) is 0.500. The van der Waals surface area contributed by atoms with Crippen molar-refractivity contribution >= 4 is 10.0 Å². The van der Waals surface area contributed by atoms with Gasteiger partial charge >= 0.3 is 0 Å². The van der Waals surface area contributed by atoms with Gasteiger partial charge in [-0.15, -0.1) is 0 Å². The van der Waals surface area contributed by atoms with Crippen molar-refractivity contribution in [2.75, 3.05) is 6.61 Å². The number of aliphatic hydroxyl groups excluding tert-OH is 1. The second-order valence-corrected chi connectivity index (χ2v) is 6.96. The van der Waals surface area contributed by atoms with Crippen LogP contribution in [-0.2, 0) is 10.0 Å². The van der Waals surface area contributed by atoms with Gasteiger partial charge in [-0.1, -0.05) is 31.8 Å². The van der Waals surface area contributed by atoms with Gasteiger partial charge in [0.25, 0.3) is 0 Å². The Morgan fingerprint density at radius 3 is 2.43 bits per heavy atom. The van der Waals surface area contributed by atoms with E-state index in [-0.39, 0.29) is 11.5 Å². The second-order valence-electron chi connectivity index (χ2n) is 5.31. The largest absolute Gasteiger partial charge is 0.384 e. The summed E-state index contributed by atoms with van der Waals surface area (Å²) in [6.07, 6.45) is 1.43. The summed E-state index contributed by atoms with van der Waals surface area (Å²) in [4.78, 5) is 0.236. The maximum absolute atomic E-state index is 12.6. The lowest BCUT2D eigenvalue weighted by Crippen LogP contribution is -2.45. The minimum Gasteiger partial charge on any atom is -0.384 e. The summed E-state index contributed by atoms with van der Waals surface area (Å²) in [6.45, 7) is 7.32. The van der Waals surface area contributed by atoms with E-state index in [1.165, 1.54) is 0 Å². The van der Waals surface area contributed by atoms with Crippen LogP contribution < -0.4 is 4.72 Å². The fourth-order valence-electron chi connectivity index (χ4n) is 1.88. The van der Waals surface area contributed by atoms with Gasteiger partial charge in [0.05, 0.1) is 4.90 Å². The summed E-state index contributed by atoms with van der Waals surface area (Å²) in [6, 6.07) is 5.02. The van der Waals surface area contributed by atoms with Crippen molar-refractivity contribution in [2.45, 2.75) is 51.0 Å². The molecular weight excluding hydrogens is 286 g/mol. The Morgan fingerprint density at radius 2 is 1.90 bits per heavy atom. The summed E-state index contributed by atoms with van der Waals surface area (Å²) >= 11 is 0. The highest BCUT2D eigenvalue weighted by Crippen LogP contribution is 2.22. The number of sulfonamides is 1. The summed E-state index contributed by atoms with van der Waals surface area (Å²) in [5.41, 5.74) is 0.786. The van der Waals surface area contributed by atoms with E-state index in [9.17, 15) is 8.42 Å². The molecule has 116 valence electrons. The highest BCUT2D eigenvalue weighted by Gasteiger charge is 2.28. The molecular formula is C16H23NO3S. The lowest BCUT2D eigenvalue weighted by molar-refractivity contribution is 0.350. The molecule has 1 aromatic rings. The van der Waals surface area contributed by atoms with E-state index in [2.05, 4.69) is 16.6 Å². The van der Waals surface area contributed by atoms with Crippen LogP contribution in [0.25, 0.3) is 0 Å². The van der Waals surface area contributed by atoms with Crippen LogP contribution in [0.1, 0.15) is 44.7 Å². The van der Waals surface area contributed by atoms with Crippen molar-refractivity contribution < 1.29 is 13.5 Å². The molecule has 0 bridgehead atoms. The lowest BCUT2D eigenvalue weighted by Gasteiger charge is -2.28. The van der Waals surface area contributed by atoms with Gasteiger partial charge in [0.1, 0.15) is 6.61 Å². The number of rotatable bonds is 5. The minimum atomic E-state index is -3.60. The van der Waals surface area contributed by atoms with Crippen LogP contribution in [0.2, 0.25) is 0 Å². The SMILES string of the molecule is CCC(C)(CC)NS(=O)(=O)c1cc(C#CCO)ccc1C. The Kier molecular flexibility index (Phi) is 5.97. The van der Waals surface area contributed by atoms with Crippen LogP contribution in [0, 0.1) is 18.8 Å². The molecule has 2 N–H and O–H groups in total. The number of hydrogen-bond acceptors (Lipinski definition) is 3. The molecule has 5 heteroatoms. The van der Waals surface area contributed by atoms with Gasteiger partial charge in [-0.25, -0.2) is 13.1 Å². The first-order chi connectivity index (χ1) is 9.78. The molecule has 0 radical (unpaired) electrons. The first kappa shape index (κ1) is 17.7. The zero-order valence-corrected chi connectivity index (χ0v) is 13.8. The van der Waals surface area contributed by atoms with Gasteiger partial charge in [-0.2, -0.15) is 0 Å². The smallest absolute Gasteiger partial charge is 0.241 e. The molecule has 0 unspecified atom stereocenters. The van der Waals surface area contributed by atoms with Crippen molar-refractivity contribution in [1.29, 1.82) is 0 Å². The normalized spacial score (nSPS) is 11.9. The molecule has 0 heterocycles. The van der Waals surface area contributed by atoms with E-state index >= 15 is 0 Å². The lowest BCUT2D eigenvalue weighted by atomic mass is 9.98. The molecule has 0 aliphatic rings.